The van der Waals surface area contributed by atoms with Crippen molar-refractivity contribution in [2.45, 2.75) is 24.6 Å². The van der Waals surface area contributed by atoms with Gasteiger partial charge in [0.15, 0.2) is 0 Å². The number of aliphatic hydroxyl groups excluding tert-OH is 2. The number of hydrogen-bond acceptors (Lipinski definition) is 5. The molecular formula is C11H16N5O3+. The molecule has 0 aromatic carbocycles. The first kappa shape index (κ1) is 12.2. The summed E-state index contributed by atoms with van der Waals surface area (Å²) in [4.78, 5) is 21.2. The Hall–Kier alpha value is -1.90. The molecule has 1 saturated heterocycles. The third-order valence-corrected chi connectivity index (χ3v) is 3.66. The van der Waals surface area contributed by atoms with Crippen molar-refractivity contribution in [2.24, 2.45) is 0 Å². The molecule has 0 radical (unpaired) electrons. The standard InChI is InChI=1S/C11H15N5O3/c12-11-15-8-4(2-13-9(8)10(19)16-11)5-1-7(18)6(3-17)14-5/h2,5-7,13-14,17-18H,1,3H2,(H3,12,15,16,19)/p+1/t5-,6-,7+/m1/s1. The van der Waals surface area contributed by atoms with E-state index in [0.717, 1.165) is 5.56 Å². The van der Waals surface area contributed by atoms with Crippen LogP contribution in [0, 0.1) is 0 Å². The monoisotopic (exact) mass is 266 g/mol. The van der Waals surface area contributed by atoms with E-state index in [0.29, 0.717) is 17.5 Å². The van der Waals surface area contributed by atoms with Crippen LogP contribution in [0.1, 0.15) is 18.0 Å². The van der Waals surface area contributed by atoms with E-state index < -0.39 is 6.10 Å². The van der Waals surface area contributed by atoms with Gasteiger partial charge in [0.1, 0.15) is 29.2 Å². The van der Waals surface area contributed by atoms with Crippen molar-refractivity contribution in [1.29, 1.82) is 0 Å². The lowest BCUT2D eigenvalue weighted by atomic mass is 10.1. The number of aliphatic hydroxyl groups is 2. The summed E-state index contributed by atoms with van der Waals surface area (Å²) in [5.74, 6) is 0.0654. The number of quaternary nitrogens is 1. The van der Waals surface area contributed by atoms with Crippen molar-refractivity contribution in [2.75, 3.05) is 12.3 Å². The van der Waals surface area contributed by atoms with E-state index >= 15 is 0 Å². The number of fused-ring (bicyclic) bond motifs is 1. The number of nitrogens with two attached hydrogens (primary N) is 2. The van der Waals surface area contributed by atoms with E-state index in [1.54, 1.807) is 6.20 Å². The molecule has 8 heteroatoms. The molecule has 0 saturated carbocycles. The van der Waals surface area contributed by atoms with Crippen LogP contribution < -0.4 is 16.6 Å². The fourth-order valence-electron chi connectivity index (χ4n) is 2.69. The zero-order valence-electron chi connectivity index (χ0n) is 10.1. The van der Waals surface area contributed by atoms with Crippen molar-refractivity contribution in [3.63, 3.8) is 0 Å². The third kappa shape index (κ3) is 1.89. The molecule has 3 rings (SSSR count). The molecule has 8 nitrogen and oxygen atoms in total. The first-order valence-electron chi connectivity index (χ1n) is 6.11. The first-order valence-corrected chi connectivity index (χ1v) is 6.11. The van der Waals surface area contributed by atoms with Crippen molar-refractivity contribution in [3.05, 3.63) is 22.1 Å². The molecular weight excluding hydrogens is 250 g/mol. The maximum Gasteiger partial charge on any atom is 0.276 e. The SMILES string of the molecule is Nc1nc2c([C@H]3C[C@H](O)[C@@H](CO)[NH2+]3)c[nH]c2c(=O)[nH]1. The molecule has 0 amide bonds. The zero-order chi connectivity index (χ0) is 13.6. The van der Waals surface area contributed by atoms with E-state index in [4.69, 9.17) is 10.8 Å². The number of rotatable bonds is 2. The molecule has 8 N–H and O–H groups in total. The maximum absolute atomic E-state index is 11.7. The second-order valence-electron chi connectivity index (χ2n) is 4.87. The smallest absolute Gasteiger partial charge is 0.276 e. The van der Waals surface area contributed by atoms with Crippen LogP contribution in [0.3, 0.4) is 0 Å². The summed E-state index contributed by atoms with van der Waals surface area (Å²) in [7, 11) is 0. The number of aromatic amines is 2. The third-order valence-electron chi connectivity index (χ3n) is 3.66. The van der Waals surface area contributed by atoms with E-state index in [1.807, 2.05) is 5.32 Å². The average Bonchev–Trinajstić information content (AvgIpc) is 2.92. The van der Waals surface area contributed by atoms with Gasteiger partial charge in [0.2, 0.25) is 5.95 Å². The second-order valence-corrected chi connectivity index (χ2v) is 4.87. The molecule has 102 valence electrons. The normalized spacial score (nSPS) is 27.2. The van der Waals surface area contributed by atoms with Crippen LogP contribution in [0.4, 0.5) is 5.95 Å². The lowest BCUT2D eigenvalue weighted by Gasteiger charge is -2.08. The van der Waals surface area contributed by atoms with Crippen LogP contribution in [0.5, 0.6) is 0 Å². The van der Waals surface area contributed by atoms with Gasteiger partial charge in [-0.15, -0.1) is 0 Å². The molecule has 3 atom stereocenters. The number of nitrogens with one attached hydrogen (secondary N) is 2. The van der Waals surface area contributed by atoms with Crippen LogP contribution >= 0.6 is 0 Å². The van der Waals surface area contributed by atoms with Crippen LogP contribution in [0.2, 0.25) is 0 Å². The fourth-order valence-corrected chi connectivity index (χ4v) is 2.69. The first-order chi connectivity index (χ1) is 9.10. The van der Waals surface area contributed by atoms with E-state index in [2.05, 4.69) is 15.0 Å². The summed E-state index contributed by atoms with van der Waals surface area (Å²) in [6.07, 6.45) is 1.64. The van der Waals surface area contributed by atoms with E-state index in [9.17, 15) is 9.90 Å². The summed E-state index contributed by atoms with van der Waals surface area (Å²) in [5, 5.41) is 20.9. The second kappa shape index (κ2) is 4.34. The Kier molecular flexibility index (Phi) is 2.77. The number of nitrogen functional groups attached to an aromatic ring is 1. The molecule has 0 bridgehead atoms. The van der Waals surface area contributed by atoms with Crippen molar-refractivity contribution in [3.8, 4) is 0 Å². The number of hydrogen-bond donors (Lipinski definition) is 6. The van der Waals surface area contributed by atoms with Crippen LogP contribution in [0.15, 0.2) is 11.0 Å². The number of nitrogens with zero attached hydrogens (tertiary/aromatic N) is 1. The largest absolute Gasteiger partial charge is 0.390 e. The lowest BCUT2D eigenvalue weighted by Crippen LogP contribution is -2.89. The molecule has 3 heterocycles. The number of anilines is 1. The predicted molar refractivity (Wildman–Crippen MR) is 67.3 cm³/mol. The highest BCUT2D eigenvalue weighted by Gasteiger charge is 2.38. The quantitative estimate of drug-likeness (QED) is 0.358. The number of aromatic nitrogens is 3. The van der Waals surface area contributed by atoms with Crippen LogP contribution in [-0.2, 0) is 0 Å². The van der Waals surface area contributed by atoms with E-state index in [1.165, 1.54) is 0 Å². The lowest BCUT2D eigenvalue weighted by molar-refractivity contribution is -0.711. The van der Waals surface area contributed by atoms with Gasteiger partial charge in [-0.1, -0.05) is 0 Å². The van der Waals surface area contributed by atoms with Gasteiger partial charge in [-0.2, -0.15) is 0 Å². The Bertz CT molecular complexity index is 664. The Morgan fingerprint density at radius 2 is 2.37 bits per heavy atom. The number of H-pyrrole nitrogens is 2. The summed E-state index contributed by atoms with van der Waals surface area (Å²) in [6, 6.07) is -0.288. The van der Waals surface area contributed by atoms with Crippen LogP contribution in [0.25, 0.3) is 11.0 Å². The molecule has 0 spiro atoms. The summed E-state index contributed by atoms with van der Waals surface area (Å²) in [5.41, 5.74) is 6.96. The molecule has 2 aromatic rings. The van der Waals surface area contributed by atoms with Gasteiger partial charge in [-0.25, -0.2) is 4.98 Å². The van der Waals surface area contributed by atoms with Gasteiger partial charge in [0.25, 0.3) is 5.56 Å². The molecule has 0 unspecified atom stereocenters. The minimum atomic E-state index is -0.570. The molecule has 19 heavy (non-hydrogen) atoms. The average molecular weight is 266 g/mol. The van der Waals surface area contributed by atoms with E-state index in [-0.39, 0.29) is 30.2 Å². The maximum atomic E-state index is 11.7. The minimum Gasteiger partial charge on any atom is -0.390 e. The highest BCUT2D eigenvalue weighted by atomic mass is 16.3. The van der Waals surface area contributed by atoms with Gasteiger partial charge in [-0.3, -0.25) is 9.78 Å². The van der Waals surface area contributed by atoms with Gasteiger partial charge in [0, 0.05) is 12.6 Å². The van der Waals surface area contributed by atoms with Crippen molar-refractivity contribution >= 4 is 17.0 Å². The summed E-state index contributed by atoms with van der Waals surface area (Å²) >= 11 is 0. The summed E-state index contributed by atoms with van der Waals surface area (Å²) < 4.78 is 0. The van der Waals surface area contributed by atoms with Gasteiger partial charge >= 0.3 is 0 Å². The Morgan fingerprint density at radius 3 is 3.05 bits per heavy atom. The predicted octanol–water partition coefficient (Wildman–Crippen LogP) is -2.44. The van der Waals surface area contributed by atoms with Gasteiger partial charge in [-0.05, 0) is 0 Å². The molecule has 2 aromatic heterocycles. The Labute approximate surface area is 107 Å². The molecule has 0 aliphatic carbocycles. The van der Waals surface area contributed by atoms with Crippen molar-refractivity contribution < 1.29 is 15.5 Å². The zero-order valence-corrected chi connectivity index (χ0v) is 10.1. The molecule has 1 aliphatic heterocycles. The van der Waals surface area contributed by atoms with Gasteiger partial charge < -0.3 is 26.2 Å². The van der Waals surface area contributed by atoms with Crippen LogP contribution in [-0.4, -0.2) is 43.9 Å². The molecule has 1 fully saturated rings. The molecule has 1 aliphatic rings. The Morgan fingerprint density at radius 1 is 1.58 bits per heavy atom. The Balaban J connectivity index is 2.05. The highest BCUT2D eigenvalue weighted by Crippen LogP contribution is 2.25. The highest BCUT2D eigenvalue weighted by molar-refractivity contribution is 5.79. The minimum absolute atomic E-state index is 0.0467. The summed E-state index contributed by atoms with van der Waals surface area (Å²) in [6.45, 7) is -0.0871. The fraction of sp³-hybridized carbons (Fsp3) is 0.455. The van der Waals surface area contributed by atoms with Crippen molar-refractivity contribution in [1.82, 2.24) is 15.0 Å². The van der Waals surface area contributed by atoms with Gasteiger partial charge in [0.05, 0.1) is 12.2 Å². The topological polar surface area (TPSA) is 145 Å².